The third kappa shape index (κ3) is 4.58. The third-order valence-electron chi connectivity index (χ3n) is 4.97. The maximum Gasteiger partial charge on any atom is 0.286 e. The number of aromatic nitrogens is 2. The summed E-state index contributed by atoms with van der Waals surface area (Å²) < 4.78 is 34.1. The molecule has 6 N–H and O–H groups in total. The summed E-state index contributed by atoms with van der Waals surface area (Å²) in [6, 6.07) is 14.9. The Hall–Kier alpha value is -3.90. The van der Waals surface area contributed by atoms with E-state index < -0.39 is 10.0 Å². The molecule has 0 aliphatic rings. The Morgan fingerprint density at radius 3 is 2.53 bits per heavy atom. The summed E-state index contributed by atoms with van der Waals surface area (Å²) in [4.78, 5) is 4.53. The number of nitrogen functional groups attached to an aromatic ring is 1. The van der Waals surface area contributed by atoms with E-state index in [1.165, 1.54) is 6.20 Å². The number of nitrogens with zero attached hydrogens (tertiary/aromatic N) is 4. The Morgan fingerprint density at radius 2 is 1.88 bits per heavy atom. The number of aryl methyl sites for hydroxylation is 1. The number of benzene rings is 2. The van der Waals surface area contributed by atoms with Gasteiger partial charge in [-0.15, -0.1) is 16.4 Å². The Bertz CT molecular complexity index is 1520. The number of thiazole rings is 1. The molecule has 0 saturated carbocycles. The predicted molar refractivity (Wildman–Crippen MR) is 135 cm³/mol. The van der Waals surface area contributed by atoms with E-state index in [1.54, 1.807) is 32.0 Å². The van der Waals surface area contributed by atoms with Crippen LogP contribution in [-0.2, 0) is 16.6 Å². The molecule has 10 nitrogen and oxygen atoms in total. The molecule has 2 aromatic carbocycles. The second kappa shape index (κ2) is 9.15. The summed E-state index contributed by atoms with van der Waals surface area (Å²) in [6.45, 7) is 3.70. The average Bonchev–Trinajstić information content (AvgIpc) is 3.36. The van der Waals surface area contributed by atoms with E-state index in [2.05, 4.69) is 15.2 Å². The van der Waals surface area contributed by atoms with Gasteiger partial charge in [0.15, 0.2) is 10.2 Å². The van der Waals surface area contributed by atoms with E-state index in [0.29, 0.717) is 39.4 Å². The van der Waals surface area contributed by atoms with Gasteiger partial charge in [-0.25, -0.2) is 8.96 Å². The van der Waals surface area contributed by atoms with Gasteiger partial charge in [0.05, 0.1) is 11.2 Å². The Balaban J connectivity index is 1.84. The fourth-order valence-corrected chi connectivity index (χ4v) is 5.93. The highest BCUT2D eigenvalue weighted by molar-refractivity contribution is 7.90. The molecule has 4 rings (SSSR count). The van der Waals surface area contributed by atoms with E-state index in [1.807, 2.05) is 30.3 Å². The molecule has 0 aliphatic carbocycles. The fourth-order valence-electron chi connectivity index (χ4n) is 3.42. The zero-order chi connectivity index (χ0) is 24.5. The summed E-state index contributed by atoms with van der Waals surface area (Å²) in [6.07, 6.45) is 1.47. The number of guanidine groups is 1. The van der Waals surface area contributed by atoms with E-state index in [4.69, 9.17) is 21.9 Å². The normalized spacial score (nSPS) is 12.1. The number of hydrogen-bond donors (Lipinski definition) is 3. The first kappa shape index (κ1) is 23.3. The van der Waals surface area contributed by atoms with Gasteiger partial charge in [0.1, 0.15) is 12.4 Å². The van der Waals surface area contributed by atoms with Gasteiger partial charge in [-0.3, -0.25) is 0 Å². The third-order valence-corrected chi connectivity index (χ3v) is 7.60. The van der Waals surface area contributed by atoms with Gasteiger partial charge in [-0.2, -0.15) is 13.5 Å². The monoisotopic (exact) mass is 497 g/mol. The number of fused-ring (bicyclic) bond motifs is 1. The molecular formula is C22H23N7O3S2. The van der Waals surface area contributed by atoms with Crippen LogP contribution < -0.4 is 21.9 Å². The lowest BCUT2D eigenvalue weighted by Crippen LogP contribution is -2.22. The minimum absolute atomic E-state index is 0.0957. The maximum atomic E-state index is 13.5. The van der Waals surface area contributed by atoms with Crippen molar-refractivity contribution in [2.75, 3.05) is 5.73 Å². The van der Waals surface area contributed by atoms with Crippen LogP contribution in [0.3, 0.4) is 0 Å². The number of rotatable bonds is 7. The number of anilines is 1. The molecule has 2 aromatic heterocycles. The summed E-state index contributed by atoms with van der Waals surface area (Å²) >= 11 is 1.11. The smallest absolute Gasteiger partial charge is 0.286 e. The van der Waals surface area contributed by atoms with Crippen LogP contribution in [0.25, 0.3) is 10.9 Å². The first-order valence-corrected chi connectivity index (χ1v) is 12.4. The van der Waals surface area contributed by atoms with Gasteiger partial charge in [-0.1, -0.05) is 30.3 Å². The lowest BCUT2D eigenvalue weighted by atomic mass is 10.1. The number of ether oxygens (including phenoxy) is 1. The topological polar surface area (TPSA) is 164 Å². The van der Waals surface area contributed by atoms with Crippen molar-refractivity contribution in [3.63, 3.8) is 0 Å². The molecule has 0 amide bonds. The number of hydrogen-bond acceptors (Lipinski definition) is 8. The molecule has 0 bridgehead atoms. The van der Waals surface area contributed by atoms with Crippen molar-refractivity contribution < 1.29 is 13.2 Å². The lowest BCUT2D eigenvalue weighted by molar-refractivity contribution is 0.306. The van der Waals surface area contributed by atoms with Gasteiger partial charge in [-0.05, 0) is 37.6 Å². The predicted octanol–water partition coefficient (Wildman–Crippen LogP) is 2.80. The Labute approximate surface area is 200 Å². The highest BCUT2D eigenvalue weighted by Crippen LogP contribution is 2.32. The van der Waals surface area contributed by atoms with Crippen LogP contribution in [0.5, 0.6) is 5.75 Å². The van der Waals surface area contributed by atoms with Gasteiger partial charge >= 0.3 is 0 Å². The van der Waals surface area contributed by atoms with Crippen LogP contribution in [0.2, 0.25) is 0 Å². The van der Waals surface area contributed by atoms with Crippen molar-refractivity contribution in [2.45, 2.75) is 25.5 Å². The summed E-state index contributed by atoms with van der Waals surface area (Å²) in [5.41, 5.74) is 18.9. The van der Waals surface area contributed by atoms with E-state index in [-0.39, 0.29) is 16.1 Å². The van der Waals surface area contributed by atoms with Gasteiger partial charge in [0.25, 0.3) is 10.0 Å². The van der Waals surface area contributed by atoms with Crippen molar-refractivity contribution in [3.05, 3.63) is 70.7 Å². The first-order chi connectivity index (χ1) is 16.2. The van der Waals surface area contributed by atoms with Gasteiger partial charge < -0.3 is 21.9 Å². The van der Waals surface area contributed by atoms with Crippen LogP contribution in [0.15, 0.2) is 70.0 Å². The Kier molecular flexibility index (Phi) is 6.26. The van der Waals surface area contributed by atoms with Gasteiger partial charge in [0, 0.05) is 22.0 Å². The zero-order valence-corrected chi connectivity index (χ0v) is 20.1. The van der Waals surface area contributed by atoms with Gasteiger partial charge in [0.2, 0.25) is 5.96 Å². The molecule has 2 heterocycles. The number of nitrogens with two attached hydrogens (primary N) is 3. The molecule has 0 unspecified atom stereocenters. The summed E-state index contributed by atoms with van der Waals surface area (Å²) in [7, 11) is -4.03. The highest BCUT2D eigenvalue weighted by atomic mass is 32.2. The quantitative estimate of drug-likeness (QED) is 0.201. The largest absolute Gasteiger partial charge is 0.489 e. The molecule has 0 aliphatic heterocycles. The minimum atomic E-state index is -4.03. The van der Waals surface area contributed by atoms with Crippen LogP contribution in [0.4, 0.5) is 5.13 Å². The van der Waals surface area contributed by atoms with Crippen LogP contribution in [0, 0.1) is 6.92 Å². The molecule has 176 valence electrons. The van der Waals surface area contributed by atoms with E-state index >= 15 is 0 Å². The average molecular weight is 498 g/mol. The van der Waals surface area contributed by atoms with E-state index in [0.717, 1.165) is 20.9 Å². The molecule has 34 heavy (non-hydrogen) atoms. The standard InChI is InChI=1S/C22H23N7O3S2/c1-13(27-28-21(23)24)18-11-29(34(30,31)20-14(2)33-22(25)26-20)19-9-8-16(10-17(18)19)32-12-15-6-4-3-5-7-15/h3-11H,12H2,1-2H3,(H2,25,26)(H4,23,24,28)/b27-13-. The molecule has 12 heteroatoms. The van der Waals surface area contributed by atoms with Crippen LogP contribution in [-0.4, -0.2) is 29.0 Å². The van der Waals surface area contributed by atoms with Crippen molar-refractivity contribution in [2.24, 2.45) is 21.7 Å². The van der Waals surface area contributed by atoms with Crippen molar-refractivity contribution >= 4 is 49.1 Å². The summed E-state index contributed by atoms with van der Waals surface area (Å²) in [5, 5.41) is 8.40. The highest BCUT2D eigenvalue weighted by Gasteiger charge is 2.27. The Morgan fingerprint density at radius 1 is 1.15 bits per heavy atom. The zero-order valence-electron chi connectivity index (χ0n) is 18.5. The molecule has 0 spiro atoms. The van der Waals surface area contributed by atoms with Crippen LogP contribution in [0.1, 0.15) is 22.9 Å². The first-order valence-electron chi connectivity index (χ1n) is 10.1. The molecular weight excluding hydrogens is 474 g/mol. The second-order valence-corrected chi connectivity index (χ2v) is 10.4. The molecule has 0 saturated heterocycles. The second-order valence-electron chi connectivity index (χ2n) is 7.42. The SMILES string of the molecule is C/C(=N/N=C(N)N)c1cn(S(=O)(=O)c2nc(N)sc2C)c2ccc(OCc3ccccc3)cc12. The molecule has 0 atom stereocenters. The molecule has 0 fully saturated rings. The minimum Gasteiger partial charge on any atom is -0.489 e. The van der Waals surface area contributed by atoms with E-state index in [9.17, 15) is 8.42 Å². The lowest BCUT2D eigenvalue weighted by Gasteiger charge is -2.08. The van der Waals surface area contributed by atoms with Crippen molar-refractivity contribution in [1.82, 2.24) is 8.96 Å². The maximum absolute atomic E-state index is 13.5. The fraction of sp³-hybridized carbons (Fsp3) is 0.136. The molecule has 0 radical (unpaired) electrons. The van der Waals surface area contributed by atoms with Crippen molar-refractivity contribution in [1.29, 1.82) is 0 Å². The van der Waals surface area contributed by atoms with Crippen molar-refractivity contribution in [3.8, 4) is 5.75 Å². The molecule has 4 aromatic rings. The summed E-state index contributed by atoms with van der Waals surface area (Å²) in [5.74, 6) is 0.354. The van der Waals surface area contributed by atoms with Crippen LogP contribution >= 0.6 is 11.3 Å².